The quantitative estimate of drug-likeness (QED) is 0.0199. The van der Waals surface area contributed by atoms with Crippen LogP contribution in [0, 0.1) is 0 Å². The molecule has 142 heavy (non-hydrogen) atoms. The lowest BCUT2D eigenvalue weighted by Crippen LogP contribution is -2.72. The van der Waals surface area contributed by atoms with Gasteiger partial charge in [0.15, 0.2) is 31.5 Å². The predicted molar refractivity (Wildman–Crippen MR) is 484 cm³/mol. The van der Waals surface area contributed by atoms with Gasteiger partial charge in [-0.25, -0.2) is 9.59 Å². The van der Waals surface area contributed by atoms with Crippen LogP contribution in [-0.2, 0) is 95.1 Å². The number of carbonyl (C=O) groups excluding carboxylic acids is 4. The number of carboxylic acid groups (broad SMARTS) is 2. The van der Waals surface area contributed by atoms with Crippen LogP contribution in [0.15, 0.2) is 12.2 Å². The highest BCUT2D eigenvalue weighted by Gasteiger charge is 2.64. The van der Waals surface area contributed by atoms with Crippen LogP contribution in [0.1, 0.15) is 226 Å². The molecular formula is C92H162N4O46. The maximum Gasteiger partial charge on any atom is 0.364 e. The molecule has 4 amide bonds. The summed E-state index contributed by atoms with van der Waals surface area (Å²) in [5.41, 5.74) is 0. The fraction of sp³-hybridized carbons (Fsp3) is 0.913. The summed E-state index contributed by atoms with van der Waals surface area (Å²) in [6, 6.07) is -7.37. The molecule has 39 atom stereocenters. The molecule has 50 nitrogen and oxygen atoms in total. The molecule has 7 heterocycles. The minimum Gasteiger partial charge on any atom is -0.477 e. The van der Waals surface area contributed by atoms with Gasteiger partial charge in [-0.05, 0) is 19.3 Å². The summed E-state index contributed by atoms with van der Waals surface area (Å²) in [5, 5.41) is 300. The van der Waals surface area contributed by atoms with Crippen molar-refractivity contribution in [3.8, 4) is 0 Å². The molecule has 7 rings (SSSR count). The number of carboxylic acids is 2. The van der Waals surface area contributed by atoms with E-state index in [1.54, 1.807) is 6.08 Å². The van der Waals surface area contributed by atoms with Crippen molar-refractivity contribution in [1.82, 2.24) is 21.3 Å². The number of unbranched alkanes of at least 4 members (excludes halogenated alkanes) is 27. The molecular weight excluding hydrogens is 1900 g/mol. The van der Waals surface area contributed by atoms with Gasteiger partial charge in [0.05, 0.1) is 89.3 Å². The van der Waals surface area contributed by atoms with Gasteiger partial charge >= 0.3 is 11.9 Å². The van der Waals surface area contributed by atoms with Gasteiger partial charge in [-0.2, -0.15) is 0 Å². The summed E-state index contributed by atoms with van der Waals surface area (Å²) in [5.74, 6) is -15.8. The van der Waals surface area contributed by atoms with Crippen molar-refractivity contribution in [1.29, 1.82) is 0 Å². The van der Waals surface area contributed by atoms with Crippen molar-refractivity contribution < 1.29 is 228 Å². The van der Waals surface area contributed by atoms with E-state index in [9.17, 15) is 162 Å². The van der Waals surface area contributed by atoms with Crippen LogP contribution in [0.4, 0.5) is 0 Å². The molecule has 0 spiro atoms. The third-order valence-electron chi connectivity index (χ3n) is 26.9. The van der Waals surface area contributed by atoms with Crippen LogP contribution in [0.5, 0.6) is 0 Å². The summed E-state index contributed by atoms with van der Waals surface area (Å²) >= 11 is 0. The Morgan fingerprint density at radius 2 is 0.761 bits per heavy atom. The summed E-state index contributed by atoms with van der Waals surface area (Å²) in [4.78, 5) is 79.3. The number of rotatable bonds is 66. The number of ether oxygens (including phenoxy) is 14. The van der Waals surface area contributed by atoms with Crippen molar-refractivity contribution in [2.75, 3.05) is 66.1 Å². The van der Waals surface area contributed by atoms with Crippen LogP contribution in [0.2, 0.25) is 0 Å². The first-order valence-electron chi connectivity index (χ1n) is 50.1. The van der Waals surface area contributed by atoms with Crippen molar-refractivity contribution in [3.05, 3.63) is 12.2 Å². The Hall–Kier alpha value is -4.96. The zero-order chi connectivity index (χ0) is 105. The number of hydrogen-bond donors (Lipinski definition) is 30. The fourth-order valence-electron chi connectivity index (χ4n) is 18.7. The van der Waals surface area contributed by atoms with Gasteiger partial charge in [-0.3, -0.25) is 19.2 Å². The second-order valence-electron chi connectivity index (χ2n) is 37.8. The maximum atomic E-state index is 13.8. The lowest BCUT2D eigenvalue weighted by Gasteiger charge is -2.52. The first kappa shape index (κ1) is 124. The molecule has 7 aliphatic rings. The van der Waals surface area contributed by atoms with Gasteiger partial charge in [-0.1, -0.05) is 193 Å². The number of carbonyl (C=O) groups is 6. The van der Waals surface area contributed by atoms with E-state index in [1.165, 1.54) is 116 Å². The number of nitrogens with one attached hydrogen (secondary N) is 4. The van der Waals surface area contributed by atoms with Gasteiger partial charge in [0.2, 0.25) is 23.6 Å². The number of hydrogen-bond acceptors (Lipinski definition) is 44. The fourth-order valence-corrected chi connectivity index (χ4v) is 18.7. The summed E-state index contributed by atoms with van der Waals surface area (Å²) in [7, 11) is 0. The van der Waals surface area contributed by atoms with Gasteiger partial charge < -0.3 is 220 Å². The smallest absolute Gasteiger partial charge is 0.364 e. The lowest BCUT2D eigenvalue weighted by atomic mass is 9.87. The average Bonchev–Trinajstić information content (AvgIpc) is 0.751. The second kappa shape index (κ2) is 63.3. The third-order valence-corrected chi connectivity index (χ3v) is 26.9. The molecule has 0 bridgehead atoms. The Morgan fingerprint density at radius 3 is 1.20 bits per heavy atom. The Kier molecular flexibility index (Phi) is 55.2. The van der Waals surface area contributed by atoms with Crippen LogP contribution >= 0.6 is 0 Å². The van der Waals surface area contributed by atoms with E-state index in [0.29, 0.717) is 12.8 Å². The zero-order valence-electron chi connectivity index (χ0n) is 81.0. The molecule has 0 saturated carbocycles. The predicted octanol–water partition coefficient (Wildman–Crippen LogP) is -7.32. The van der Waals surface area contributed by atoms with E-state index in [2.05, 4.69) is 24.5 Å². The molecule has 14 unspecified atom stereocenters. The summed E-state index contributed by atoms with van der Waals surface area (Å²) in [6.45, 7) is -6.64. The zero-order valence-corrected chi connectivity index (χ0v) is 81.0. The molecule has 50 heteroatoms. The Morgan fingerprint density at radius 1 is 0.387 bits per heavy atom. The Labute approximate surface area is 824 Å². The van der Waals surface area contributed by atoms with Crippen LogP contribution in [0.25, 0.3) is 0 Å². The summed E-state index contributed by atoms with van der Waals surface area (Å²) in [6.07, 6.45) is -40.0. The van der Waals surface area contributed by atoms with E-state index in [4.69, 9.17) is 66.3 Å². The third kappa shape index (κ3) is 35.3. The van der Waals surface area contributed by atoms with Crippen molar-refractivity contribution in [2.24, 2.45) is 0 Å². The average molecular weight is 2060 g/mol. The van der Waals surface area contributed by atoms with Crippen molar-refractivity contribution in [2.45, 2.75) is 464 Å². The molecule has 826 valence electrons. The van der Waals surface area contributed by atoms with E-state index in [0.717, 1.165) is 64.7 Å². The standard InChI is InChI=1S/C92H162N4O46/c1-4-6-8-10-12-14-16-18-19-20-21-23-25-27-29-31-33-35-60(111)94-49(50(107)34-32-30-28-26-24-22-17-15-13-11-9-7-5-2)47-129-85-73(121)71(119)77(58(43-102)133-85)135-86-74(122)72(120)78(59(44-103)134-86)136-87-75(123)82(68(116)55(40-99)131-87)138-84-65(93-48(3)106)79(67(115)54(39-98)130-84)137-88-76(124)83(69(117)56(41-100)132-88)142-92(90(127)128)37-52(109)64(96-62(113)46-105)81(141-92)70(118)57(42-101)139-91(89(125)126)36-51(108)63(95-61(112)45-104)80(140-91)66(114)53(110)38-97/h32,34,49-59,63-88,97-105,107-110,114-124H,4-31,33,35-47H2,1-3H3,(H,93,106)(H,94,111)(H,95,112)(H,96,113)(H,125,126)(H,127,128)/b34-32+/t49-,50+,51?,52?,53+,54?,55?,56?,57+,58?,59?,63+,64+,65?,66+,67-,68-,69-,70+,71+,72+,73?,74?,75?,76?,77+,78-,79+,80?,81?,82-,83-,84-,85+,86-,87-,88-,91+,92-/m0/s1. The van der Waals surface area contributed by atoms with Crippen molar-refractivity contribution in [3.63, 3.8) is 0 Å². The maximum absolute atomic E-state index is 13.8. The molecule has 0 aromatic rings. The molecule has 0 aromatic carbocycles. The van der Waals surface area contributed by atoms with Gasteiger partial charge in [-0.15, -0.1) is 0 Å². The minimum absolute atomic E-state index is 0.141. The monoisotopic (exact) mass is 2060 g/mol. The largest absolute Gasteiger partial charge is 0.477 e. The van der Waals surface area contributed by atoms with E-state index < -0.39 is 347 Å². The lowest BCUT2D eigenvalue weighted by molar-refractivity contribution is -0.393. The molecule has 0 radical (unpaired) electrons. The number of aliphatic hydroxyl groups is 24. The van der Waals surface area contributed by atoms with Crippen LogP contribution < -0.4 is 21.3 Å². The van der Waals surface area contributed by atoms with E-state index in [-0.39, 0.29) is 12.3 Å². The first-order chi connectivity index (χ1) is 67.9. The molecule has 0 aromatic heterocycles. The van der Waals surface area contributed by atoms with Crippen LogP contribution in [-0.4, -0.2) is 473 Å². The van der Waals surface area contributed by atoms with E-state index in [1.807, 2.05) is 16.7 Å². The summed E-state index contributed by atoms with van der Waals surface area (Å²) < 4.78 is 82.2. The SMILES string of the molecule is CCCCCCCCCCCCC/C=C/[C@@H](O)[C@H](CO[C@@H]1OC(CO)[C@@H](O[C@@H]2OC(CO)[C@H](O[C@@H]3OC(CO)[C@H](O)[C@H](O[C@@H]4OC(CO)[C@H](O)[C@H](O[C@@H]5OC(CO)[C@H](O)[C@H](O[C@]6(C(=O)O)CC(O)[C@@H](NC(=O)CO)C([C@H](O)[C@@H](CO)O[C@]7(C(=O)O)CC(O)[C@@H](NC(=O)CO)C([C@H](O)[C@H](O)CO)O7)O6)C5O)C4NC(C)=O)C3O)[C@H](O)C2O)[C@H](O)C1O)NC(=O)CCCCCCCCCCCCCCCCCCC. The van der Waals surface area contributed by atoms with E-state index >= 15 is 0 Å². The highest BCUT2D eigenvalue weighted by molar-refractivity contribution is 5.79. The van der Waals surface area contributed by atoms with Crippen LogP contribution in [0.3, 0.4) is 0 Å². The molecule has 7 fully saturated rings. The second-order valence-corrected chi connectivity index (χ2v) is 37.8. The number of aliphatic hydroxyl groups excluding tert-OH is 24. The van der Waals surface area contributed by atoms with Crippen molar-refractivity contribution >= 4 is 35.6 Å². The number of aliphatic carboxylic acids is 2. The topological polar surface area (TPSA) is 806 Å². The van der Waals surface area contributed by atoms with Gasteiger partial charge in [0.1, 0.15) is 172 Å². The Balaban J connectivity index is 1.03. The highest BCUT2D eigenvalue weighted by atomic mass is 16.8. The van der Waals surface area contributed by atoms with Gasteiger partial charge in [0, 0.05) is 26.2 Å². The highest BCUT2D eigenvalue weighted by Crippen LogP contribution is 2.43. The molecule has 0 aliphatic carbocycles. The molecule has 30 N–H and O–H groups in total. The first-order valence-corrected chi connectivity index (χ1v) is 50.1. The number of allylic oxidation sites excluding steroid dienone is 1. The molecule has 7 aliphatic heterocycles. The molecule has 7 saturated heterocycles. The van der Waals surface area contributed by atoms with Gasteiger partial charge in [0.25, 0.3) is 11.6 Å². The normalized spacial score (nSPS) is 36.0. The number of amides is 4. The Bertz CT molecular complexity index is 3620. The minimum atomic E-state index is -3.64.